The summed E-state index contributed by atoms with van der Waals surface area (Å²) in [5.41, 5.74) is 1.30. The largest absolute Gasteiger partial charge is 0.406 e. The topological polar surface area (TPSA) is 56.4 Å². The monoisotopic (exact) mass is 441 g/mol. The zero-order chi connectivity index (χ0) is 23.1. The van der Waals surface area contributed by atoms with Crippen molar-refractivity contribution in [2.24, 2.45) is 0 Å². The number of carbonyl (C=O) groups is 2. The first-order valence-electron chi connectivity index (χ1n) is 10.3. The van der Waals surface area contributed by atoms with Crippen LogP contribution in [0.25, 0.3) is 10.9 Å². The van der Waals surface area contributed by atoms with E-state index in [1.54, 1.807) is 11.0 Å². The highest BCUT2D eigenvalue weighted by atomic mass is 19.4. The fourth-order valence-electron chi connectivity index (χ4n) is 4.26. The van der Waals surface area contributed by atoms with E-state index in [1.165, 1.54) is 13.0 Å². The number of aromatic amines is 1. The molecule has 0 aliphatic carbocycles. The number of alkyl halides is 3. The molecule has 1 aromatic heterocycles. The molecule has 0 radical (unpaired) electrons. The van der Waals surface area contributed by atoms with E-state index in [4.69, 9.17) is 0 Å². The van der Waals surface area contributed by atoms with Crippen molar-refractivity contribution in [2.45, 2.75) is 51.6 Å². The van der Waals surface area contributed by atoms with Crippen LogP contribution in [0, 0.1) is 5.82 Å². The number of carbonyl (C=O) groups excluding carboxylic acids is 2. The second-order valence-electron chi connectivity index (χ2n) is 8.58. The van der Waals surface area contributed by atoms with Crippen LogP contribution in [0.3, 0.4) is 0 Å². The SMILES string of the molecule is CC(=O)N1CCCC(c2cc(C(C)C)c3cc(C(=O)N(C)CC(F)(F)F)[nH]c3c2F)C1. The average molecular weight is 441 g/mol. The number of nitrogens with one attached hydrogen (secondary N) is 1. The Morgan fingerprint density at radius 3 is 2.55 bits per heavy atom. The summed E-state index contributed by atoms with van der Waals surface area (Å²) in [6, 6.07) is 3.20. The van der Waals surface area contributed by atoms with Gasteiger partial charge in [0.05, 0.1) is 5.52 Å². The molecule has 0 spiro atoms. The van der Waals surface area contributed by atoms with Crippen LogP contribution in [0.1, 0.15) is 67.1 Å². The molecule has 31 heavy (non-hydrogen) atoms. The minimum atomic E-state index is -4.53. The zero-order valence-corrected chi connectivity index (χ0v) is 18.1. The van der Waals surface area contributed by atoms with E-state index in [9.17, 15) is 22.8 Å². The number of aromatic nitrogens is 1. The van der Waals surface area contributed by atoms with Gasteiger partial charge in [-0.1, -0.05) is 19.9 Å². The second-order valence-corrected chi connectivity index (χ2v) is 8.58. The number of likely N-dealkylation sites (tertiary alicyclic amines) is 1. The zero-order valence-electron chi connectivity index (χ0n) is 18.1. The normalized spacial score (nSPS) is 17.5. The maximum atomic E-state index is 15.5. The van der Waals surface area contributed by atoms with Crippen LogP contribution >= 0.6 is 0 Å². The van der Waals surface area contributed by atoms with Gasteiger partial charge in [0.15, 0.2) is 5.82 Å². The smallest absolute Gasteiger partial charge is 0.348 e. The van der Waals surface area contributed by atoms with Crippen LogP contribution < -0.4 is 0 Å². The van der Waals surface area contributed by atoms with E-state index in [0.29, 0.717) is 28.9 Å². The Bertz CT molecular complexity index is 997. The van der Waals surface area contributed by atoms with Gasteiger partial charge in [-0.05, 0) is 36.0 Å². The number of fused-ring (bicyclic) bond motifs is 1. The Labute approximate surface area is 178 Å². The van der Waals surface area contributed by atoms with Crippen LogP contribution in [0.15, 0.2) is 12.1 Å². The maximum absolute atomic E-state index is 15.5. The van der Waals surface area contributed by atoms with Crippen molar-refractivity contribution in [3.05, 3.63) is 34.8 Å². The fourth-order valence-corrected chi connectivity index (χ4v) is 4.26. The number of nitrogens with zero attached hydrogens (tertiary/aromatic N) is 2. The van der Waals surface area contributed by atoms with Gasteiger partial charge in [0.1, 0.15) is 12.2 Å². The molecule has 1 N–H and O–H groups in total. The van der Waals surface area contributed by atoms with Crippen LogP contribution in [0.4, 0.5) is 17.6 Å². The fraction of sp³-hybridized carbons (Fsp3) is 0.545. The molecular formula is C22H27F4N3O2. The number of hydrogen-bond acceptors (Lipinski definition) is 2. The van der Waals surface area contributed by atoms with Crippen LogP contribution in [0.2, 0.25) is 0 Å². The summed E-state index contributed by atoms with van der Waals surface area (Å²) in [6.07, 6.45) is -3.04. The average Bonchev–Trinajstić information content (AvgIpc) is 3.12. The Morgan fingerprint density at radius 2 is 1.97 bits per heavy atom. The van der Waals surface area contributed by atoms with Crippen molar-refractivity contribution in [3.63, 3.8) is 0 Å². The first kappa shape index (κ1) is 23.1. The summed E-state index contributed by atoms with van der Waals surface area (Å²) < 4.78 is 53.6. The Kier molecular flexibility index (Phi) is 6.34. The lowest BCUT2D eigenvalue weighted by molar-refractivity contribution is -0.138. The van der Waals surface area contributed by atoms with E-state index in [-0.39, 0.29) is 29.0 Å². The number of hydrogen-bond donors (Lipinski definition) is 1. The number of piperidine rings is 1. The third-order valence-corrected chi connectivity index (χ3v) is 5.83. The van der Waals surface area contributed by atoms with Gasteiger partial charge in [-0.3, -0.25) is 9.59 Å². The van der Waals surface area contributed by atoms with Gasteiger partial charge in [-0.15, -0.1) is 0 Å². The lowest BCUT2D eigenvalue weighted by Gasteiger charge is -2.33. The van der Waals surface area contributed by atoms with Crippen molar-refractivity contribution in [1.82, 2.24) is 14.8 Å². The molecule has 1 saturated heterocycles. The standard InChI is InChI=1S/C22H27F4N3O2/c1-12(2)15-8-16(14-6-5-7-29(10-14)13(3)30)19(23)20-17(15)9-18(27-20)21(31)28(4)11-22(24,25)26/h8-9,12,14,27H,5-7,10-11H2,1-4H3. The first-order chi connectivity index (χ1) is 14.4. The van der Waals surface area contributed by atoms with Crippen molar-refractivity contribution in [2.75, 3.05) is 26.7 Å². The molecule has 2 amide bonds. The highest BCUT2D eigenvalue weighted by Crippen LogP contribution is 2.37. The van der Waals surface area contributed by atoms with E-state index < -0.39 is 24.4 Å². The minimum Gasteiger partial charge on any atom is -0.348 e. The summed E-state index contributed by atoms with van der Waals surface area (Å²) in [7, 11) is 1.06. The molecule has 1 fully saturated rings. The molecule has 1 aliphatic heterocycles. The number of halogens is 4. The molecule has 9 heteroatoms. The Balaban J connectivity index is 2.05. The van der Waals surface area contributed by atoms with Gasteiger partial charge < -0.3 is 14.8 Å². The van der Waals surface area contributed by atoms with E-state index in [2.05, 4.69) is 4.98 Å². The van der Waals surface area contributed by atoms with Crippen LogP contribution in [-0.2, 0) is 4.79 Å². The minimum absolute atomic E-state index is 0.000933. The molecule has 2 heterocycles. The lowest BCUT2D eigenvalue weighted by atomic mass is 9.86. The molecule has 1 aromatic carbocycles. The Hall–Kier alpha value is -2.58. The molecular weight excluding hydrogens is 414 g/mol. The molecule has 1 unspecified atom stereocenters. The molecule has 3 rings (SSSR count). The predicted molar refractivity (Wildman–Crippen MR) is 110 cm³/mol. The van der Waals surface area contributed by atoms with E-state index in [1.807, 2.05) is 13.8 Å². The summed E-state index contributed by atoms with van der Waals surface area (Å²) in [5, 5.41) is 0.485. The summed E-state index contributed by atoms with van der Waals surface area (Å²) in [4.78, 5) is 29.3. The van der Waals surface area contributed by atoms with Gasteiger partial charge in [0.25, 0.3) is 5.91 Å². The maximum Gasteiger partial charge on any atom is 0.406 e. The van der Waals surface area contributed by atoms with Gasteiger partial charge >= 0.3 is 6.18 Å². The highest BCUT2D eigenvalue weighted by Gasteiger charge is 2.33. The summed E-state index contributed by atoms with van der Waals surface area (Å²) in [5.74, 6) is -1.62. The number of rotatable bonds is 4. The third-order valence-electron chi connectivity index (χ3n) is 5.83. The molecule has 5 nitrogen and oxygen atoms in total. The molecule has 1 atom stereocenters. The summed E-state index contributed by atoms with van der Waals surface area (Å²) >= 11 is 0. The Morgan fingerprint density at radius 1 is 1.29 bits per heavy atom. The second kappa shape index (κ2) is 8.51. The number of H-pyrrole nitrogens is 1. The number of amides is 2. The lowest BCUT2D eigenvalue weighted by Crippen LogP contribution is -2.37. The molecule has 2 aromatic rings. The summed E-state index contributed by atoms with van der Waals surface area (Å²) in [6.45, 7) is 5.01. The van der Waals surface area contributed by atoms with Gasteiger partial charge in [0, 0.05) is 38.4 Å². The van der Waals surface area contributed by atoms with Gasteiger partial charge in [-0.25, -0.2) is 4.39 Å². The van der Waals surface area contributed by atoms with Crippen molar-refractivity contribution >= 4 is 22.7 Å². The molecule has 0 bridgehead atoms. The van der Waals surface area contributed by atoms with Crippen molar-refractivity contribution in [1.29, 1.82) is 0 Å². The molecule has 0 saturated carbocycles. The quantitative estimate of drug-likeness (QED) is 0.694. The van der Waals surface area contributed by atoms with Crippen molar-refractivity contribution in [3.8, 4) is 0 Å². The highest BCUT2D eigenvalue weighted by molar-refractivity contribution is 5.99. The van der Waals surface area contributed by atoms with E-state index >= 15 is 4.39 Å². The molecule has 170 valence electrons. The predicted octanol–water partition coefficient (Wildman–Crippen LogP) is 4.79. The number of benzene rings is 1. The van der Waals surface area contributed by atoms with Crippen molar-refractivity contribution < 1.29 is 27.2 Å². The van der Waals surface area contributed by atoms with Gasteiger partial charge in [-0.2, -0.15) is 13.2 Å². The molecule has 1 aliphatic rings. The van der Waals surface area contributed by atoms with Crippen LogP contribution in [0.5, 0.6) is 0 Å². The van der Waals surface area contributed by atoms with Crippen LogP contribution in [-0.4, -0.2) is 59.5 Å². The van der Waals surface area contributed by atoms with E-state index in [0.717, 1.165) is 25.5 Å². The first-order valence-corrected chi connectivity index (χ1v) is 10.3. The third kappa shape index (κ3) is 4.85. The van der Waals surface area contributed by atoms with Gasteiger partial charge in [0.2, 0.25) is 5.91 Å².